The molecular weight excluding hydrogens is 275 g/mol. The fourth-order valence-electron chi connectivity index (χ4n) is 1.33. The van der Waals surface area contributed by atoms with Crippen LogP contribution in [0.5, 0.6) is 5.75 Å². The van der Waals surface area contributed by atoms with Gasteiger partial charge in [-0.3, -0.25) is 0 Å². The number of halogens is 1. The molecule has 0 radical (unpaired) electrons. The molecule has 1 aromatic carbocycles. The zero-order valence-electron chi connectivity index (χ0n) is 7.92. The van der Waals surface area contributed by atoms with Crippen molar-refractivity contribution in [3.05, 3.63) is 29.8 Å². The summed E-state index contributed by atoms with van der Waals surface area (Å²) >= 11 is 1.92. The second kappa shape index (κ2) is 6.24. The van der Waals surface area contributed by atoms with Gasteiger partial charge in [-0.15, -0.1) is 0 Å². The van der Waals surface area contributed by atoms with Crippen LogP contribution in [0.4, 0.5) is 0 Å². The van der Waals surface area contributed by atoms with Gasteiger partial charge in [-0.25, -0.2) is 0 Å². The molecule has 72 valence electrons. The van der Waals surface area contributed by atoms with Crippen molar-refractivity contribution in [2.24, 2.45) is 0 Å². The van der Waals surface area contributed by atoms with Gasteiger partial charge in [-0.1, -0.05) is 31.9 Å². The molecule has 0 aliphatic carbocycles. The standard InChI is InChI=1S/C11H15IO/c1-2-3-4-6-10-7-5-8-11(9-10)13-12/h5,7-9H,2-4,6H2,1H3. The largest absolute Gasteiger partial charge is 0.428 e. The van der Waals surface area contributed by atoms with E-state index in [1.165, 1.54) is 31.2 Å². The predicted molar refractivity (Wildman–Crippen MR) is 64.3 cm³/mol. The van der Waals surface area contributed by atoms with Crippen molar-refractivity contribution in [2.45, 2.75) is 32.6 Å². The Labute approximate surface area is 94.2 Å². The molecule has 1 rings (SSSR count). The van der Waals surface area contributed by atoms with Gasteiger partial charge in [0.05, 0.1) is 0 Å². The number of benzene rings is 1. The molecule has 0 amide bonds. The summed E-state index contributed by atoms with van der Waals surface area (Å²) in [6.45, 7) is 2.23. The smallest absolute Gasteiger partial charge is 0.192 e. The summed E-state index contributed by atoms with van der Waals surface area (Å²) in [5, 5.41) is 0. The predicted octanol–water partition coefficient (Wildman–Crippen LogP) is 4.15. The van der Waals surface area contributed by atoms with Gasteiger partial charge in [0.2, 0.25) is 0 Å². The first-order chi connectivity index (χ1) is 6.36. The Morgan fingerprint density at radius 3 is 2.85 bits per heavy atom. The van der Waals surface area contributed by atoms with Gasteiger partial charge in [-0.05, 0) is 30.5 Å². The number of aryl methyl sites for hydroxylation is 1. The average Bonchev–Trinajstić information content (AvgIpc) is 2.19. The lowest BCUT2D eigenvalue weighted by Gasteiger charge is -2.02. The van der Waals surface area contributed by atoms with Crippen molar-refractivity contribution in [1.82, 2.24) is 0 Å². The zero-order chi connectivity index (χ0) is 9.52. The molecule has 1 aromatic rings. The minimum absolute atomic E-state index is 0.953. The molecule has 0 saturated carbocycles. The molecule has 0 unspecified atom stereocenters. The van der Waals surface area contributed by atoms with Crippen LogP contribution in [0, 0.1) is 0 Å². The van der Waals surface area contributed by atoms with E-state index in [1.807, 2.05) is 29.1 Å². The number of rotatable bonds is 5. The minimum Gasteiger partial charge on any atom is -0.428 e. The number of unbranched alkanes of at least 4 members (excludes halogenated alkanes) is 2. The van der Waals surface area contributed by atoms with E-state index in [4.69, 9.17) is 3.07 Å². The Hall–Kier alpha value is -0.250. The summed E-state index contributed by atoms with van der Waals surface area (Å²) in [6, 6.07) is 8.31. The van der Waals surface area contributed by atoms with Crippen LogP contribution < -0.4 is 3.07 Å². The molecule has 0 bridgehead atoms. The normalized spacial score (nSPS) is 10.0. The lowest BCUT2D eigenvalue weighted by molar-refractivity contribution is 0.700. The molecule has 1 nitrogen and oxygen atoms in total. The first-order valence-electron chi connectivity index (χ1n) is 4.74. The van der Waals surface area contributed by atoms with E-state index in [2.05, 4.69) is 25.1 Å². The topological polar surface area (TPSA) is 9.23 Å². The van der Waals surface area contributed by atoms with E-state index >= 15 is 0 Å². The van der Waals surface area contributed by atoms with Gasteiger partial charge in [0.15, 0.2) is 23.0 Å². The molecule has 2 heteroatoms. The van der Waals surface area contributed by atoms with Gasteiger partial charge in [0.25, 0.3) is 0 Å². The van der Waals surface area contributed by atoms with Crippen molar-refractivity contribution in [2.75, 3.05) is 0 Å². The average molecular weight is 290 g/mol. The van der Waals surface area contributed by atoms with Crippen LogP contribution in [-0.2, 0) is 6.42 Å². The van der Waals surface area contributed by atoms with Gasteiger partial charge in [-0.2, -0.15) is 0 Å². The zero-order valence-corrected chi connectivity index (χ0v) is 10.1. The van der Waals surface area contributed by atoms with Crippen LogP contribution >= 0.6 is 23.0 Å². The lowest BCUT2D eigenvalue weighted by atomic mass is 10.1. The maximum absolute atomic E-state index is 5.13. The first-order valence-corrected chi connectivity index (χ1v) is 5.62. The third-order valence-corrected chi connectivity index (χ3v) is 2.57. The Morgan fingerprint density at radius 1 is 1.31 bits per heavy atom. The van der Waals surface area contributed by atoms with Crippen LogP contribution in [0.25, 0.3) is 0 Å². The molecular formula is C11H15IO. The van der Waals surface area contributed by atoms with E-state index in [0.29, 0.717) is 0 Å². The highest BCUT2D eigenvalue weighted by molar-refractivity contribution is 14.1. The molecule has 0 spiro atoms. The highest BCUT2D eigenvalue weighted by Gasteiger charge is 1.95. The van der Waals surface area contributed by atoms with E-state index < -0.39 is 0 Å². The SMILES string of the molecule is CCCCCc1cccc(OI)c1. The quantitative estimate of drug-likeness (QED) is 0.585. The molecule has 0 fully saturated rings. The minimum atomic E-state index is 0.953. The number of hydrogen-bond acceptors (Lipinski definition) is 1. The molecule has 0 aliphatic rings. The van der Waals surface area contributed by atoms with E-state index in [-0.39, 0.29) is 0 Å². The van der Waals surface area contributed by atoms with Crippen molar-refractivity contribution < 1.29 is 3.07 Å². The molecule has 0 aliphatic heterocycles. The fraction of sp³-hybridized carbons (Fsp3) is 0.455. The van der Waals surface area contributed by atoms with E-state index in [0.717, 1.165) is 5.75 Å². The van der Waals surface area contributed by atoms with Gasteiger partial charge in [0, 0.05) is 0 Å². The van der Waals surface area contributed by atoms with Crippen molar-refractivity contribution in [3.63, 3.8) is 0 Å². The molecule has 0 N–H and O–H groups in total. The Kier molecular flexibility index (Phi) is 5.20. The van der Waals surface area contributed by atoms with Crippen molar-refractivity contribution in [1.29, 1.82) is 0 Å². The van der Waals surface area contributed by atoms with Gasteiger partial charge < -0.3 is 3.07 Å². The molecule has 0 saturated heterocycles. The summed E-state index contributed by atoms with van der Waals surface area (Å²) in [5.41, 5.74) is 1.38. The van der Waals surface area contributed by atoms with Crippen molar-refractivity contribution in [3.8, 4) is 5.75 Å². The van der Waals surface area contributed by atoms with E-state index in [9.17, 15) is 0 Å². The molecule has 0 aromatic heterocycles. The van der Waals surface area contributed by atoms with Crippen LogP contribution in [-0.4, -0.2) is 0 Å². The summed E-state index contributed by atoms with van der Waals surface area (Å²) in [7, 11) is 0. The maximum atomic E-state index is 5.13. The number of hydrogen-bond donors (Lipinski definition) is 0. The Bertz CT molecular complexity index is 248. The lowest BCUT2D eigenvalue weighted by Crippen LogP contribution is -1.85. The first kappa shape index (κ1) is 10.8. The molecule has 13 heavy (non-hydrogen) atoms. The maximum Gasteiger partial charge on any atom is 0.192 e. The summed E-state index contributed by atoms with van der Waals surface area (Å²) in [6.07, 6.45) is 5.04. The Morgan fingerprint density at radius 2 is 2.15 bits per heavy atom. The van der Waals surface area contributed by atoms with Crippen LogP contribution in [0.2, 0.25) is 0 Å². The third kappa shape index (κ3) is 3.98. The highest BCUT2D eigenvalue weighted by atomic mass is 127. The van der Waals surface area contributed by atoms with Crippen LogP contribution in [0.1, 0.15) is 31.7 Å². The summed E-state index contributed by atoms with van der Waals surface area (Å²) in [5.74, 6) is 0.953. The Balaban J connectivity index is 2.46. The van der Waals surface area contributed by atoms with Crippen molar-refractivity contribution >= 4 is 23.0 Å². The molecule has 0 atom stereocenters. The second-order valence-corrected chi connectivity index (χ2v) is 3.62. The third-order valence-electron chi connectivity index (χ3n) is 2.06. The van der Waals surface area contributed by atoms with Crippen LogP contribution in [0.3, 0.4) is 0 Å². The summed E-state index contributed by atoms with van der Waals surface area (Å²) in [4.78, 5) is 0. The van der Waals surface area contributed by atoms with E-state index in [1.54, 1.807) is 0 Å². The van der Waals surface area contributed by atoms with Gasteiger partial charge in [0.1, 0.15) is 5.75 Å². The van der Waals surface area contributed by atoms with Gasteiger partial charge >= 0.3 is 0 Å². The monoisotopic (exact) mass is 290 g/mol. The molecule has 0 heterocycles. The summed E-state index contributed by atoms with van der Waals surface area (Å²) < 4.78 is 5.13. The second-order valence-electron chi connectivity index (χ2n) is 3.18. The highest BCUT2D eigenvalue weighted by Crippen LogP contribution is 2.17. The fourth-order valence-corrected chi connectivity index (χ4v) is 1.60. The van der Waals surface area contributed by atoms with Crippen LogP contribution in [0.15, 0.2) is 24.3 Å².